The van der Waals surface area contributed by atoms with Gasteiger partial charge in [0.2, 0.25) is 0 Å². The van der Waals surface area contributed by atoms with Crippen molar-refractivity contribution in [2.24, 2.45) is 0 Å². The van der Waals surface area contributed by atoms with Gasteiger partial charge in [-0.2, -0.15) is 0 Å². The Morgan fingerprint density at radius 2 is 1.14 bits per heavy atom. The van der Waals surface area contributed by atoms with E-state index in [4.69, 9.17) is 4.74 Å². The van der Waals surface area contributed by atoms with Crippen molar-refractivity contribution in [3.05, 3.63) is 125 Å². The third kappa shape index (κ3) is 7.24. The van der Waals surface area contributed by atoms with E-state index in [0.29, 0.717) is 5.75 Å². The third-order valence-electron chi connectivity index (χ3n) is 6.06. The lowest BCUT2D eigenvalue weighted by atomic mass is 10.1. The summed E-state index contributed by atoms with van der Waals surface area (Å²) in [6.45, 7) is 2.08. The van der Waals surface area contributed by atoms with Crippen LogP contribution in [-0.2, 0) is 0 Å². The zero-order valence-corrected chi connectivity index (χ0v) is 21.3. The molecule has 0 saturated carbocycles. The zero-order valence-electron chi connectivity index (χ0n) is 20.4. The van der Waals surface area contributed by atoms with Gasteiger partial charge in [0.25, 0.3) is 5.69 Å². The molecule has 0 amide bonds. The second kappa shape index (κ2) is 13.0. The molecule has 6 heteroatoms. The highest BCUT2D eigenvalue weighted by molar-refractivity contribution is 7.79. The van der Waals surface area contributed by atoms with Crippen LogP contribution in [0.25, 0.3) is 0 Å². The molecule has 1 fully saturated rings. The molecular formula is C30H31N2O3P. The van der Waals surface area contributed by atoms with Crippen molar-refractivity contribution < 1.29 is 9.66 Å². The molecule has 5 nitrogen and oxygen atoms in total. The van der Waals surface area contributed by atoms with Crippen molar-refractivity contribution in [3.63, 3.8) is 0 Å². The van der Waals surface area contributed by atoms with Gasteiger partial charge in [-0.25, -0.2) is 0 Å². The summed E-state index contributed by atoms with van der Waals surface area (Å²) < 4.78 is 5.79. The van der Waals surface area contributed by atoms with Crippen LogP contribution in [-0.4, -0.2) is 36.1 Å². The van der Waals surface area contributed by atoms with E-state index in [0.717, 1.165) is 25.9 Å². The molecule has 1 aliphatic rings. The van der Waals surface area contributed by atoms with Crippen LogP contribution < -0.4 is 20.7 Å². The van der Waals surface area contributed by atoms with Gasteiger partial charge in [0.15, 0.2) is 0 Å². The number of nitro benzene ring substituents is 1. The van der Waals surface area contributed by atoms with Crippen LogP contribution in [0.1, 0.15) is 12.8 Å². The normalized spacial score (nSPS) is 14.1. The van der Waals surface area contributed by atoms with Crippen molar-refractivity contribution in [1.82, 2.24) is 4.90 Å². The maximum Gasteiger partial charge on any atom is 0.269 e. The first-order valence-corrected chi connectivity index (χ1v) is 13.5. The van der Waals surface area contributed by atoms with Gasteiger partial charge < -0.3 is 9.64 Å². The summed E-state index contributed by atoms with van der Waals surface area (Å²) >= 11 is 0. The number of nitro groups is 1. The number of piperidine rings is 1. The van der Waals surface area contributed by atoms with Gasteiger partial charge in [-0.15, -0.1) is 0 Å². The van der Waals surface area contributed by atoms with E-state index in [2.05, 4.69) is 103 Å². The standard InChI is InChI=1S/C18H15P.C12H16N2O3/c1-4-10-16(11-5-1)19(17-12-6-2-7-13-17)18-14-8-3-9-15-18;1-13-8-6-12(7-9-13)17-11-4-2-10(3-5-11)14(15)16/h1-15H;2-5,12H,6-9H2,1H3. The average Bonchev–Trinajstić information content (AvgIpc) is 2.93. The predicted molar refractivity (Wildman–Crippen MR) is 149 cm³/mol. The number of benzene rings is 4. The number of rotatable bonds is 6. The van der Waals surface area contributed by atoms with E-state index in [-0.39, 0.29) is 11.8 Å². The second-order valence-electron chi connectivity index (χ2n) is 8.71. The van der Waals surface area contributed by atoms with E-state index >= 15 is 0 Å². The number of hydrogen-bond donors (Lipinski definition) is 0. The third-order valence-corrected chi connectivity index (χ3v) is 8.50. The molecule has 0 aromatic heterocycles. The molecule has 4 aromatic rings. The summed E-state index contributed by atoms with van der Waals surface area (Å²) in [5.41, 5.74) is 0.0979. The molecular weight excluding hydrogens is 467 g/mol. The topological polar surface area (TPSA) is 55.6 Å². The average molecular weight is 499 g/mol. The van der Waals surface area contributed by atoms with Crippen molar-refractivity contribution in [2.45, 2.75) is 18.9 Å². The molecule has 4 aromatic carbocycles. The van der Waals surface area contributed by atoms with Crippen molar-refractivity contribution in [3.8, 4) is 5.75 Å². The van der Waals surface area contributed by atoms with Crippen molar-refractivity contribution >= 4 is 29.5 Å². The predicted octanol–water partition coefficient (Wildman–Crippen LogP) is 5.51. The number of hydrogen-bond acceptors (Lipinski definition) is 4. The first-order valence-electron chi connectivity index (χ1n) is 12.1. The van der Waals surface area contributed by atoms with Gasteiger partial charge in [0, 0.05) is 25.2 Å². The number of ether oxygens (including phenoxy) is 1. The molecule has 36 heavy (non-hydrogen) atoms. The van der Waals surface area contributed by atoms with Crippen LogP contribution in [0.4, 0.5) is 5.69 Å². The maximum atomic E-state index is 10.5. The fourth-order valence-corrected chi connectivity index (χ4v) is 6.43. The fraction of sp³-hybridized carbons (Fsp3) is 0.200. The van der Waals surface area contributed by atoms with E-state index in [1.165, 1.54) is 28.0 Å². The molecule has 0 atom stereocenters. The highest BCUT2D eigenvalue weighted by Gasteiger charge is 2.18. The lowest BCUT2D eigenvalue weighted by Crippen LogP contribution is -2.35. The highest BCUT2D eigenvalue weighted by atomic mass is 31.1. The van der Waals surface area contributed by atoms with Crippen molar-refractivity contribution in [2.75, 3.05) is 20.1 Å². The summed E-state index contributed by atoms with van der Waals surface area (Å²) in [5, 5.41) is 14.7. The summed E-state index contributed by atoms with van der Waals surface area (Å²) in [6, 6.07) is 38.6. The Labute approximate surface area is 214 Å². The lowest BCUT2D eigenvalue weighted by molar-refractivity contribution is -0.384. The molecule has 0 aliphatic carbocycles. The minimum Gasteiger partial charge on any atom is -0.490 e. The first kappa shape index (κ1) is 25.6. The fourth-order valence-electron chi connectivity index (χ4n) is 4.12. The molecule has 0 N–H and O–H groups in total. The van der Waals surface area contributed by atoms with Crippen molar-refractivity contribution in [1.29, 1.82) is 0 Å². The van der Waals surface area contributed by atoms with Gasteiger partial charge in [0.1, 0.15) is 11.9 Å². The van der Waals surface area contributed by atoms with Crippen LogP contribution in [0.15, 0.2) is 115 Å². The van der Waals surface area contributed by atoms with Crippen LogP contribution >= 0.6 is 7.92 Å². The molecule has 0 spiro atoms. The Morgan fingerprint density at radius 1 is 0.722 bits per heavy atom. The Balaban J connectivity index is 0.000000170. The molecule has 5 rings (SSSR count). The van der Waals surface area contributed by atoms with Gasteiger partial charge in [0.05, 0.1) is 4.92 Å². The summed E-state index contributed by atoms with van der Waals surface area (Å²) in [6.07, 6.45) is 2.24. The molecule has 0 unspecified atom stereocenters. The van der Waals surface area contributed by atoms with Gasteiger partial charge in [-0.1, -0.05) is 91.0 Å². The van der Waals surface area contributed by atoms with Crippen LogP contribution in [0, 0.1) is 10.1 Å². The minimum atomic E-state index is -0.446. The van der Waals surface area contributed by atoms with Gasteiger partial charge >= 0.3 is 0 Å². The van der Waals surface area contributed by atoms with E-state index in [1.54, 1.807) is 12.1 Å². The van der Waals surface area contributed by atoms with Crippen LogP contribution in [0.3, 0.4) is 0 Å². The molecule has 1 saturated heterocycles. The smallest absolute Gasteiger partial charge is 0.269 e. The summed E-state index contributed by atoms with van der Waals surface area (Å²) in [4.78, 5) is 12.4. The lowest BCUT2D eigenvalue weighted by Gasteiger charge is -2.29. The van der Waals surface area contributed by atoms with Gasteiger partial charge in [-0.05, 0) is 55.9 Å². The molecule has 0 radical (unpaired) electrons. The molecule has 184 valence electrons. The zero-order chi connectivity index (χ0) is 25.2. The largest absolute Gasteiger partial charge is 0.490 e. The minimum absolute atomic E-state index is 0.0979. The summed E-state index contributed by atoms with van der Waals surface area (Å²) in [5.74, 6) is 0.713. The van der Waals surface area contributed by atoms with Gasteiger partial charge in [-0.3, -0.25) is 10.1 Å². The number of non-ortho nitro benzene ring substituents is 1. The van der Waals surface area contributed by atoms with Crippen LogP contribution in [0.2, 0.25) is 0 Å². The molecule has 0 bridgehead atoms. The van der Waals surface area contributed by atoms with E-state index < -0.39 is 12.8 Å². The van der Waals surface area contributed by atoms with Crippen LogP contribution in [0.5, 0.6) is 5.75 Å². The highest BCUT2D eigenvalue weighted by Crippen LogP contribution is 2.32. The monoisotopic (exact) mass is 498 g/mol. The number of nitrogens with zero attached hydrogens (tertiary/aromatic N) is 2. The number of likely N-dealkylation sites (tertiary alicyclic amines) is 1. The Kier molecular flexibility index (Phi) is 9.21. The molecule has 1 aliphatic heterocycles. The quantitative estimate of drug-likeness (QED) is 0.200. The Hall–Kier alpha value is -3.53. The molecule has 1 heterocycles. The Bertz CT molecular complexity index is 1100. The maximum absolute atomic E-state index is 10.5. The first-order chi connectivity index (χ1) is 17.6. The SMILES string of the molecule is CN1CCC(Oc2ccc([N+](=O)[O-])cc2)CC1.c1ccc(P(c2ccccc2)c2ccccc2)cc1. The van der Waals surface area contributed by atoms with E-state index in [9.17, 15) is 10.1 Å². The Morgan fingerprint density at radius 3 is 1.53 bits per heavy atom. The second-order valence-corrected chi connectivity index (χ2v) is 10.9. The van der Waals surface area contributed by atoms with E-state index in [1.807, 2.05) is 0 Å². The summed E-state index contributed by atoms with van der Waals surface area (Å²) in [7, 11) is 1.65.